The van der Waals surface area contributed by atoms with Crippen LogP contribution >= 0.6 is 11.6 Å². The molecule has 0 radical (unpaired) electrons. The number of rotatable bonds is 6. The molecule has 108 valence electrons. The van der Waals surface area contributed by atoms with Crippen LogP contribution in [0, 0.1) is 10.1 Å². The number of nitro groups is 1. The summed E-state index contributed by atoms with van der Waals surface area (Å²) in [6, 6.07) is 1.12. The molecule has 0 atom stereocenters. The maximum Gasteiger partial charge on any atom is 0.303 e. The fourth-order valence-electron chi connectivity index (χ4n) is 1.51. The third-order valence-corrected chi connectivity index (χ3v) is 2.71. The minimum absolute atomic E-state index is 0.0297. The highest BCUT2D eigenvalue weighted by molar-refractivity contribution is 6.29. The molecule has 9 heteroatoms. The number of carbonyl (C=O) groups excluding carboxylic acids is 1. The Morgan fingerprint density at radius 2 is 2.20 bits per heavy atom. The summed E-state index contributed by atoms with van der Waals surface area (Å²) in [5.41, 5.74) is -0.614. The van der Waals surface area contributed by atoms with Gasteiger partial charge >= 0.3 is 5.97 Å². The van der Waals surface area contributed by atoms with E-state index in [1.807, 2.05) is 0 Å². The van der Waals surface area contributed by atoms with E-state index in [9.17, 15) is 19.7 Å². The summed E-state index contributed by atoms with van der Waals surface area (Å²) in [6.07, 6.45) is 1.08. The summed E-state index contributed by atoms with van der Waals surface area (Å²) in [6.45, 7) is 0.169. The highest BCUT2D eigenvalue weighted by Gasteiger charge is 2.23. The van der Waals surface area contributed by atoms with Crippen LogP contribution in [-0.2, 0) is 4.79 Å². The zero-order valence-corrected chi connectivity index (χ0v) is 11.3. The van der Waals surface area contributed by atoms with Crippen molar-refractivity contribution < 1.29 is 19.6 Å². The Morgan fingerprint density at radius 1 is 1.55 bits per heavy atom. The van der Waals surface area contributed by atoms with E-state index in [1.54, 1.807) is 0 Å². The minimum atomic E-state index is -0.969. The monoisotopic (exact) mass is 301 g/mol. The van der Waals surface area contributed by atoms with E-state index in [4.69, 9.17) is 16.7 Å². The Hall–Kier alpha value is -2.22. The molecule has 1 aromatic rings. The number of pyridine rings is 1. The molecule has 0 aliphatic carbocycles. The van der Waals surface area contributed by atoms with Crippen LogP contribution in [0.3, 0.4) is 0 Å². The van der Waals surface area contributed by atoms with Gasteiger partial charge in [-0.05, 0) is 12.5 Å². The second-order valence-corrected chi connectivity index (χ2v) is 4.39. The first kappa shape index (κ1) is 15.8. The molecule has 1 N–H and O–H groups in total. The molecule has 0 saturated carbocycles. The first-order valence-electron chi connectivity index (χ1n) is 5.60. The lowest BCUT2D eigenvalue weighted by Crippen LogP contribution is -2.28. The first-order chi connectivity index (χ1) is 9.32. The Labute approximate surface area is 119 Å². The van der Waals surface area contributed by atoms with Gasteiger partial charge in [0.2, 0.25) is 0 Å². The summed E-state index contributed by atoms with van der Waals surface area (Å²) in [5, 5.41) is 19.3. The second kappa shape index (κ2) is 6.80. The van der Waals surface area contributed by atoms with Gasteiger partial charge in [-0.15, -0.1) is 0 Å². The fraction of sp³-hybridized carbons (Fsp3) is 0.364. The van der Waals surface area contributed by atoms with Gasteiger partial charge in [0.25, 0.3) is 11.6 Å². The molecule has 1 amide bonds. The van der Waals surface area contributed by atoms with Gasteiger partial charge in [0.05, 0.1) is 4.92 Å². The van der Waals surface area contributed by atoms with Crippen molar-refractivity contribution in [2.75, 3.05) is 13.6 Å². The molecule has 1 aromatic heterocycles. The maximum absolute atomic E-state index is 12.1. The van der Waals surface area contributed by atoms with Gasteiger partial charge in [0, 0.05) is 20.0 Å². The van der Waals surface area contributed by atoms with Gasteiger partial charge in [-0.3, -0.25) is 19.7 Å². The maximum atomic E-state index is 12.1. The van der Waals surface area contributed by atoms with Gasteiger partial charge < -0.3 is 10.0 Å². The van der Waals surface area contributed by atoms with Crippen LogP contribution < -0.4 is 0 Å². The third kappa shape index (κ3) is 4.16. The van der Waals surface area contributed by atoms with E-state index >= 15 is 0 Å². The Balaban J connectivity index is 2.88. The van der Waals surface area contributed by atoms with Crippen molar-refractivity contribution in [1.29, 1.82) is 0 Å². The van der Waals surface area contributed by atoms with Crippen molar-refractivity contribution >= 4 is 29.2 Å². The summed E-state index contributed by atoms with van der Waals surface area (Å²) >= 11 is 5.63. The lowest BCUT2D eigenvalue weighted by Gasteiger charge is -2.16. The molecule has 0 spiro atoms. The highest BCUT2D eigenvalue weighted by atomic mass is 35.5. The quantitative estimate of drug-likeness (QED) is 0.485. The molecule has 20 heavy (non-hydrogen) atoms. The number of halogens is 1. The van der Waals surface area contributed by atoms with Crippen molar-refractivity contribution in [3.8, 4) is 0 Å². The van der Waals surface area contributed by atoms with Gasteiger partial charge in [-0.2, -0.15) is 0 Å². The number of carboxylic acids is 1. The van der Waals surface area contributed by atoms with Crippen LogP contribution in [0.15, 0.2) is 12.3 Å². The lowest BCUT2D eigenvalue weighted by atomic mass is 10.2. The van der Waals surface area contributed by atoms with E-state index in [2.05, 4.69) is 4.98 Å². The average molecular weight is 302 g/mol. The summed E-state index contributed by atoms with van der Waals surface area (Å²) in [5.74, 6) is -1.57. The summed E-state index contributed by atoms with van der Waals surface area (Å²) in [7, 11) is 1.43. The van der Waals surface area contributed by atoms with Gasteiger partial charge in [0.1, 0.15) is 16.9 Å². The van der Waals surface area contributed by atoms with Gasteiger partial charge in [0.15, 0.2) is 0 Å². The van der Waals surface area contributed by atoms with Gasteiger partial charge in [-0.1, -0.05) is 11.6 Å². The van der Waals surface area contributed by atoms with Crippen LogP contribution in [0.25, 0.3) is 0 Å². The molecule has 0 bridgehead atoms. The number of carboxylic acid groups (broad SMARTS) is 1. The number of amides is 1. The first-order valence-corrected chi connectivity index (χ1v) is 5.98. The SMILES string of the molecule is CN(CCCC(=O)O)C(=O)c1cc(Cl)ncc1[N+](=O)[O-]. The Bertz CT molecular complexity index is 549. The fourth-order valence-corrected chi connectivity index (χ4v) is 1.67. The van der Waals surface area contributed by atoms with E-state index in [0.717, 1.165) is 12.3 Å². The van der Waals surface area contributed by atoms with Crippen molar-refractivity contribution in [3.05, 3.63) is 33.1 Å². The molecule has 8 nitrogen and oxygen atoms in total. The summed E-state index contributed by atoms with van der Waals surface area (Å²) in [4.78, 5) is 37.4. The van der Waals surface area contributed by atoms with E-state index in [0.29, 0.717) is 0 Å². The highest BCUT2D eigenvalue weighted by Crippen LogP contribution is 2.21. The van der Waals surface area contributed by atoms with Crippen LogP contribution in [0.2, 0.25) is 5.15 Å². The molecule has 0 unspecified atom stereocenters. The van der Waals surface area contributed by atoms with Crippen molar-refractivity contribution in [1.82, 2.24) is 9.88 Å². The number of aliphatic carboxylic acids is 1. The normalized spacial score (nSPS) is 10.1. The predicted molar refractivity (Wildman–Crippen MR) is 69.7 cm³/mol. The van der Waals surface area contributed by atoms with Crippen LogP contribution in [0.1, 0.15) is 23.2 Å². The minimum Gasteiger partial charge on any atom is -0.481 e. The van der Waals surface area contributed by atoms with E-state index < -0.39 is 22.5 Å². The van der Waals surface area contributed by atoms with Crippen LogP contribution in [0.5, 0.6) is 0 Å². The molecule has 0 aliphatic heterocycles. The smallest absolute Gasteiger partial charge is 0.303 e. The number of carbonyl (C=O) groups is 2. The van der Waals surface area contributed by atoms with Crippen LogP contribution in [0.4, 0.5) is 5.69 Å². The lowest BCUT2D eigenvalue weighted by molar-refractivity contribution is -0.385. The molecular formula is C11H12ClN3O5. The van der Waals surface area contributed by atoms with E-state index in [1.165, 1.54) is 11.9 Å². The van der Waals surface area contributed by atoms with Gasteiger partial charge in [-0.25, -0.2) is 4.98 Å². The molecular weight excluding hydrogens is 290 g/mol. The summed E-state index contributed by atoms with van der Waals surface area (Å²) < 4.78 is 0. The molecule has 0 fully saturated rings. The molecule has 0 saturated heterocycles. The molecule has 1 rings (SSSR count). The number of nitrogens with zero attached hydrogens (tertiary/aromatic N) is 3. The Kier molecular flexibility index (Phi) is 5.39. The zero-order valence-electron chi connectivity index (χ0n) is 10.6. The molecule has 0 aromatic carbocycles. The zero-order chi connectivity index (χ0) is 15.3. The number of aromatic nitrogens is 1. The average Bonchev–Trinajstić information content (AvgIpc) is 2.36. The largest absolute Gasteiger partial charge is 0.481 e. The third-order valence-electron chi connectivity index (χ3n) is 2.51. The van der Waals surface area contributed by atoms with E-state index in [-0.39, 0.29) is 30.1 Å². The molecule has 1 heterocycles. The second-order valence-electron chi connectivity index (χ2n) is 4.01. The number of hydrogen-bond acceptors (Lipinski definition) is 5. The number of hydrogen-bond donors (Lipinski definition) is 1. The predicted octanol–water partition coefficient (Wildman–Crippen LogP) is 1.58. The van der Waals surface area contributed by atoms with Crippen molar-refractivity contribution in [2.45, 2.75) is 12.8 Å². The topological polar surface area (TPSA) is 114 Å². The molecule has 0 aliphatic rings. The van der Waals surface area contributed by atoms with Crippen molar-refractivity contribution in [3.63, 3.8) is 0 Å². The van der Waals surface area contributed by atoms with Crippen molar-refractivity contribution in [2.24, 2.45) is 0 Å². The Morgan fingerprint density at radius 3 is 2.75 bits per heavy atom. The standard InChI is InChI=1S/C11H12ClN3O5/c1-14(4-2-3-10(16)17)11(18)7-5-9(12)13-6-8(7)15(19)20/h5-6H,2-4H2,1H3,(H,16,17). The van der Waals surface area contributed by atoms with Crippen LogP contribution in [-0.4, -0.2) is 45.4 Å².